The van der Waals surface area contributed by atoms with Gasteiger partial charge in [-0.05, 0) is 30.2 Å². The van der Waals surface area contributed by atoms with Crippen molar-refractivity contribution in [3.63, 3.8) is 0 Å². The predicted octanol–water partition coefficient (Wildman–Crippen LogP) is 2.49. The summed E-state index contributed by atoms with van der Waals surface area (Å²) >= 11 is 6.05. The first-order chi connectivity index (χ1) is 12.5. The molecule has 0 saturated carbocycles. The van der Waals surface area contributed by atoms with Crippen LogP contribution in [-0.4, -0.2) is 23.8 Å². The normalized spacial score (nSPS) is 16.1. The summed E-state index contributed by atoms with van der Waals surface area (Å²) in [6.45, 7) is 0.313. The largest absolute Gasteiger partial charge is 0.352 e. The third kappa shape index (κ3) is 4.21. The number of carbonyl (C=O) groups is 3. The molecule has 0 bridgehead atoms. The molecular weight excluding hydrogens is 354 g/mol. The molecule has 2 aromatic carbocycles. The Kier molecular flexibility index (Phi) is 5.53. The number of carbonyl (C=O) groups excluding carboxylic acids is 3. The Morgan fingerprint density at radius 2 is 1.81 bits per heavy atom. The Bertz CT molecular complexity index is 853. The maximum atomic E-state index is 12.3. The molecule has 3 amide bonds. The predicted molar refractivity (Wildman–Crippen MR) is 98.9 cm³/mol. The standard InChI is InChI=1S/C19H18ClN3O3/c20-14-7-3-1-5-12(14)11-21-17(24)10-9-16-19(26)22-15-8-4-2-6-13(15)18(25)23-16/h1-8,16H,9-11H2,(H,21,24)(H,22,26)(H,23,25)/t16-/m1/s1. The third-order valence-electron chi connectivity index (χ3n) is 4.15. The van der Waals surface area contributed by atoms with Crippen LogP contribution in [0.1, 0.15) is 28.8 Å². The molecule has 1 atom stereocenters. The lowest BCUT2D eigenvalue weighted by Crippen LogP contribution is -2.42. The molecule has 1 heterocycles. The third-order valence-corrected chi connectivity index (χ3v) is 4.51. The van der Waals surface area contributed by atoms with Crippen LogP contribution in [0.5, 0.6) is 0 Å². The van der Waals surface area contributed by atoms with Crippen molar-refractivity contribution in [2.45, 2.75) is 25.4 Å². The van der Waals surface area contributed by atoms with Crippen LogP contribution in [0.15, 0.2) is 48.5 Å². The average Bonchev–Trinajstić information content (AvgIpc) is 2.76. The molecule has 3 rings (SSSR count). The number of nitrogens with one attached hydrogen (secondary N) is 3. The molecule has 1 aliphatic heterocycles. The van der Waals surface area contributed by atoms with Gasteiger partial charge in [0.05, 0.1) is 11.3 Å². The van der Waals surface area contributed by atoms with Crippen LogP contribution in [0, 0.1) is 0 Å². The summed E-state index contributed by atoms with van der Waals surface area (Å²) in [6.07, 6.45) is 0.319. The van der Waals surface area contributed by atoms with Gasteiger partial charge in [0.2, 0.25) is 11.8 Å². The molecule has 0 radical (unpaired) electrons. The molecule has 7 heteroatoms. The molecule has 134 valence electrons. The van der Waals surface area contributed by atoms with Gasteiger partial charge < -0.3 is 16.0 Å². The smallest absolute Gasteiger partial charge is 0.254 e. The van der Waals surface area contributed by atoms with Crippen molar-refractivity contribution in [2.75, 3.05) is 5.32 Å². The fourth-order valence-electron chi connectivity index (χ4n) is 2.71. The van der Waals surface area contributed by atoms with E-state index in [1.165, 1.54) is 0 Å². The SMILES string of the molecule is O=C(CC[C@H]1NC(=O)c2ccccc2NC1=O)NCc1ccccc1Cl. The van der Waals surface area contributed by atoms with Crippen LogP contribution < -0.4 is 16.0 Å². The van der Waals surface area contributed by atoms with Gasteiger partial charge in [-0.2, -0.15) is 0 Å². The Morgan fingerprint density at radius 1 is 1.08 bits per heavy atom. The van der Waals surface area contributed by atoms with E-state index in [2.05, 4.69) is 16.0 Å². The van der Waals surface area contributed by atoms with Gasteiger partial charge in [0, 0.05) is 18.0 Å². The molecule has 0 aromatic heterocycles. The second-order valence-corrected chi connectivity index (χ2v) is 6.37. The van der Waals surface area contributed by atoms with Crippen molar-refractivity contribution in [1.82, 2.24) is 10.6 Å². The average molecular weight is 372 g/mol. The van der Waals surface area contributed by atoms with Gasteiger partial charge in [0.25, 0.3) is 5.91 Å². The monoisotopic (exact) mass is 371 g/mol. The van der Waals surface area contributed by atoms with Crippen LogP contribution in [0.2, 0.25) is 5.02 Å². The number of amides is 3. The van der Waals surface area contributed by atoms with Crippen LogP contribution in [0.4, 0.5) is 5.69 Å². The molecule has 2 aromatic rings. The van der Waals surface area contributed by atoms with Gasteiger partial charge in [-0.1, -0.05) is 41.9 Å². The Balaban J connectivity index is 1.54. The first kappa shape index (κ1) is 17.9. The quantitative estimate of drug-likeness (QED) is 0.754. The molecule has 0 aliphatic carbocycles. The minimum atomic E-state index is -0.763. The number of hydrogen-bond acceptors (Lipinski definition) is 3. The number of para-hydroxylation sites is 1. The topological polar surface area (TPSA) is 87.3 Å². The van der Waals surface area contributed by atoms with E-state index in [-0.39, 0.29) is 30.6 Å². The molecule has 1 aliphatic rings. The van der Waals surface area contributed by atoms with E-state index in [1.54, 1.807) is 30.3 Å². The molecule has 0 spiro atoms. The summed E-state index contributed by atoms with van der Waals surface area (Å²) in [4.78, 5) is 36.6. The summed E-state index contributed by atoms with van der Waals surface area (Å²) in [5, 5.41) is 8.75. The highest BCUT2D eigenvalue weighted by molar-refractivity contribution is 6.31. The minimum absolute atomic E-state index is 0.110. The van der Waals surface area contributed by atoms with Crippen molar-refractivity contribution >= 4 is 35.0 Å². The lowest BCUT2D eigenvalue weighted by atomic mass is 10.1. The molecule has 6 nitrogen and oxygen atoms in total. The number of anilines is 1. The van der Waals surface area contributed by atoms with Gasteiger partial charge in [0.15, 0.2) is 0 Å². The molecule has 0 fully saturated rings. The van der Waals surface area contributed by atoms with Crippen molar-refractivity contribution < 1.29 is 14.4 Å². The van der Waals surface area contributed by atoms with E-state index in [0.29, 0.717) is 22.8 Å². The van der Waals surface area contributed by atoms with E-state index < -0.39 is 6.04 Å². The zero-order valence-corrected chi connectivity index (χ0v) is 14.7. The zero-order valence-electron chi connectivity index (χ0n) is 13.9. The zero-order chi connectivity index (χ0) is 18.5. The maximum absolute atomic E-state index is 12.3. The lowest BCUT2D eigenvalue weighted by molar-refractivity contribution is -0.122. The Morgan fingerprint density at radius 3 is 2.62 bits per heavy atom. The van der Waals surface area contributed by atoms with Crippen molar-refractivity contribution in [3.05, 3.63) is 64.7 Å². The van der Waals surface area contributed by atoms with E-state index in [4.69, 9.17) is 11.6 Å². The fraction of sp³-hybridized carbons (Fsp3) is 0.211. The van der Waals surface area contributed by atoms with Gasteiger partial charge in [0.1, 0.15) is 6.04 Å². The highest BCUT2D eigenvalue weighted by atomic mass is 35.5. The summed E-state index contributed by atoms with van der Waals surface area (Å²) in [5.41, 5.74) is 1.70. The summed E-state index contributed by atoms with van der Waals surface area (Å²) in [6, 6.07) is 13.3. The fourth-order valence-corrected chi connectivity index (χ4v) is 2.92. The molecule has 0 saturated heterocycles. The first-order valence-corrected chi connectivity index (χ1v) is 8.63. The van der Waals surface area contributed by atoms with Crippen molar-refractivity contribution in [2.24, 2.45) is 0 Å². The molecule has 3 N–H and O–H groups in total. The second-order valence-electron chi connectivity index (χ2n) is 5.97. The lowest BCUT2D eigenvalue weighted by Gasteiger charge is -2.14. The van der Waals surface area contributed by atoms with Gasteiger partial charge in [-0.25, -0.2) is 0 Å². The Hall–Kier alpha value is -2.86. The van der Waals surface area contributed by atoms with Gasteiger partial charge in [-0.15, -0.1) is 0 Å². The highest BCUT2D eigenvalue weighted by Crippen LogP contribution is 2.19. The van der Waals surface area contributed by atoms with E-state index >= 15 is 0 Å². The molecule has 0 unspecified atom stereocenters. The number of halogens is 1. The van der Waals surface area contributed by atoms with Crippen molar-refractivity contribution in [1.29, 1.82) is 0 Å². The van der Waals surface area contributed by atoms with Crippen LogP contribution in [0.3, 0.4) is 0 Å². The summed E-state index contributed by atoms with van der Waals surface area (Å²) in [7, 11) is 0. The molecule has 26 heavy (non-hydrogen) atoms. The van der Waals surface area contributed by atoms with Crippen LogP contribution in [-0.2, 0) is 16.1 Å². The summed E-state index contributed by atoms with van der Waals surface area (Å²) in [5.74, 6) is -0.878. The number of benzene rings is 2. The number of fused-ring (bicyclic) bond motifs is 1. The van der Waals surface area contributed by atoms with E-state index in [1.807, 2.05) is 18.2 Å². The van der Waals surface area contributed by atoms with Crippen LogP contribution >= 0.6 is 11.6 Å². The maximum Gasteiger partial charge on any atom is 0.254 e. The summed E-state index contributed by atoms with van der Waals surface area (Å²) < 4.78 is 0. The van der Waals surface area contributed by atoms with E-state index in [0.717, 1.165) is 5.56 Å². The minimum Gasteiger partial charge on any atom is -0.352 e. The van der Waals surface area contributed by atoms with Gasteiger partial charge in [-0.3, -0.25) is 14.4 Å². The first-order valence-electron chi connectivity index (χ1n) is 8.25. The van der Waals surface area contributed by atoms with Crippen LogP contribution in [0.25, 0.3) is 0 Å². The number of hydrogen-bond donors (Lipinski definition) is 3. The van der Waals surface area contributed by atoms with Gasteiger partial charge >= 0.3 is 0 Å². The molecular formula is C19H18ClN3O3. The number of rotatable bonds is 5. The second kappa shape index (κ2) is 8.01. The Labute approximate surface area is 155 Å². The highest BCUT2D eigenvalue weighted by Gasteiger charge is 2.27. The van der Waals surface area contributed by atoms with Crippen molar-refractivity contribution in [3.8, 4) is 0 Å². The van der Waals surface area contributed by atoms with E-state index in [9.17, 15) is 14.4 Å².